The fraction of sp³-hybridized carbons (Fsp3) is 0.800. The number of hydrogen-bond acceptors (Lipinski definition) is 2. The summed E-state index contributed by atoms with van der Waals surface area (Å²) < 4.78 is 2.29. The molecule has 0 unspecified atom stereocenters. The molecule has 3 nitrogen and oxygen atoms in total. The van der Waals surface area contributed by atoms with Crippen molar-refractivity contribution in [2.24, 2.45) is 0 Å². The van der Waals surface area contributed by atoms with Crippen molar-refractivity contribution in [3.63, 3.8) is 0 Å². The van der Waals surface area contributed by atoms with Crippen LogP contribution >= 0.6 is 0 Å². The summed E-state index contributed by atoms with van der Waals surface area (Å²) in [5.74, 6) is 1.21. The van der Waals surface area contributed by atoms with Gasteiger partial charge in [-0.05, 0) is 40.2 Å². The zero-order valence-electron chi connectivity index (χ0n) is 12.5. The second-order valence-electron chi connectivity index (χ2n) is 5.98. The number of imidazole rings is 1. The molecule has 0 bridgehead atoms. The van der Waals surface area contributed by atoms with E-state index < -0.39 is 0 Å². The Kier molecular flexibility index (Phi) is 6.41. The van der Waals surface area contributed by atoms with Crippen LogP contribution in [0.15, 0.2) is 12.4 Å². The quantitative estimate of drug-likeness (QED) is 0.718. The lowest BCUT2D eigenvalue weighted by Crippen LogP contribution is -2.36. The number of nitrogens with one attached hydrogen (secondary N) is 1. The highest BCUT2D eigenvalue weighted by Gasteiger charge is 2.06. The zero-order chi connectivity index (χ0) is 13.4. The summed E-state index contributed by atoms with van der Waals surface area (Å²) in [6.45, 7) is 11.1. The van der Waals surface area contributed by atoms with Gasteiger partial charge in [0.2, 0.25) is 0 Å². The number of nitrogens with zero attached hydrogens (tertiary/aromatic N) is 2. The highest BCUT2D eigenvalue weighted by atomic mass is 15.1. The second kappa shape index (κ2) is 7.57. The normalized spacial score (nSPS) is 12.0. The molecule has 0 atom stereocenters. The van der Waals surface area contributed by atoms with Crippen molar-refractivity contribution in [3.8, 4) is 0 Å². The molecular weight excluding hydrogens is 222 g/mol. The van der Waals surface area contributed by atoms with Crippen LogP contribution < -0.4 is 5.32 Å². The molecule has 0 aromatic carbocycles. The minimum absolute atomic E-state index is 0.257. The maximum Gasteiger partial charge on any atom is 0.108 e. The van der Waals surface area contributed by atoms with Gasteiger partial charge in [0.1, 0.15) is 5.82 Å². The molecule has 3 heteroatoms. The Hall–Kier alpha value is -0.830. The van der Waals surface area contributed by atoms with Gasteiger partial charge in [0.25, 0.3) is 0 Å². The Bertz CT molecular complexity index is 323. The van der Waals surface area contributed by atoms with Crippen molar-refractivity contribution in [3.05, 3.63) is 18.2 Å². The van der Waals surface area contributed by atoms with Crippen molar-refractivity contribution in [2.75, 3.05) is 6.54 Å². The van der Waals surface area contributed by atoms with Crippen LogP contribution in [-0.2, 0) is 13.0 Å². The Morgan fingerprint density at radius 1 is 1.17 bits per heavy atom. The number of rotatable bonds is 8. The highest BCUT2D eigenvalue weighted by molar-refractivity contribution is 4.91. The fourth-order valence-electron chi connectivity index (χ4n) is 2.08. The molecule has 1 N–H and O–H groups in total. The van der Waals surface area contributed by atoms with Crippen LogP contribution in [0.4, 0.5) is 0 Å². The van der Waals surface area contributed by atoms with Crippen LogP contribution in [0.1, 0.15) is 59.2 Å². The lowest BCUT2D eigenvalue weighted by molar-refractivity contribution is 0.414. The first-order chi connectivity index (χ1) is 8.53. The lowest BCUT2D eigenvalue weighted by Gasteiger charge is -2.20. The van der Waals surface area contributed by atoms with E-state index in [1.54, 1.807) is 0 Å². The lowest BCUT2D eigenvalue weighted by atomic mass is 10.1. The molecule has 0 aliphatic rings. The molecule has 0 aliphatic heterocycles. The number of unbranched alkanes of at least 4 members (excludes halogenated alkanes) is 3. The monoisotopic (exact) mass is 251 g/mol. The minimum Gasteiger partial charge on any atom is -0.335 e. The predicted octanol–water partition coefficient (Wildman–Crippen LogP) is 3.39. The number of aryl methyl sites for hydroxylation is 2. The molecule has 0 saturated heterocycles. The summed E-state index contributed by atoms with van der Waals surface area (Å²) in [4.78, 5) is 4.34. The molecule has 0 amide bonds. The van der Waals surface area contributed by atoms with Gasteiger partial charge in [0.05, 0.1) is 0 Å². The molecule has 0 aliphatic carbocycles. The zero-order valence-corrected chi connectivity index (χ0v) is 12.5. The molecule has 0 spiro atoms. The molecule has 1 heterocycles. The Labute approximate surface area is 112 Å². The Morgan fingerprint density at radius 2 is 1.89 bits per heavy atom. The SMILES string of the molecule is CCc1nccn1CCCCCCNC(C)(C)C. The van der Waals surface area contributed by atoms with E-state index in [9.17, 15) is 0 Å². The third kappa shape index (κ3) is 6.20. The summed E-state index contributed by atoms with van der Waals surface area (Å²) in [6.07, 6.45) is 10.2. The predicted molar refractivity (Wildman–Crippen MR) is 77.8 cm³/mol. The van der Waals surface area contributed by atoms with Gasteiger partial charge in [-0.3, -0.25) is 0 Å². The topological polar surface area (TPSA) is 29.9 Å². The van der Waals surface area contributed by atoms with Crippen molar-refractivity contribution >= 4 is 0 Å². The van der Waals surface area contributed by atoms with Gasteiger partial charge in [-0.2, -0.15) is 0 Å². The largest absolute Gasteiger partial charge is 0.335 e. The van der Waals surface area contributed by atoms with Crippen LogP contribution in [0, 0.1) is 0 Å². The van der Waals surface area contributed by atoms with Crippen LogP contribution in [0.25, 0.3) is 0 Å². The number of hydrogen-bond donors (Lipinski definition) is 1. The van der Waals surface area contributed by atoms with E-state index in [-0.39, 0.29) is 5.54 Å². The molecule has 0 fully saturated rings. The number of aromatic nitrogens is 2. The van der Waals surface area contributed by atoms with Gasteiger partial charge >= 0.3 is 0 Å². The van der Waals surface area contributed by atoms with Crippen molar-refractivity contribution in [2.45, 2.75) is 71.9 Å². The van der Waals surface area contributed by atoms with Crippen molar-refractivity contribution in [1.82, 2.24) is 14.9 Å². The van der Waals surface area contributed by atoms with E-state index in [2.05, 4.69) is 48.8 Å². The van der Waals surface area contributed by atoms with E-state index in [0.29, 0.717) is 0 Å². The van der Waals surface area contributed by atoms with Crippen molar-refractivity contribution in [1.29, 1.82) is 0 Å². The summed E-state index contributed by atoms with van der Waals surface area (Å²) in [5.41, 5.74) is 0.257. The van der Waals surface area contributed by atoms with Crippen LogP contribution in [0.3, 0.4) is 0 Å². The summed E-state index contributed by atoms with van der Waals surface area (Å²) in [6, 6.07) is 0. The van der Waals surface area contributed by atoms with Gasteiger partial charge in [0, 0.05) is 30.9 Å². The fourth-order valence-corrected chi connectivity index (χ4v) is 2.08. The van der Waals surface area contributed by atoms with Gasteiger partial charge in [-0.25, -0.2) is 4.98 Å². The summed E-state index contributed by atoms with van der Waals surface area (Å²) >= 11 is 0. The maximum absolute atomic E-state index is 4.34. The van der Waals surface area contributed by atoms with Crippen LogP contribution in [0.2, 0.25) is 0 Å². The molecule has 1 rings (SSSR count). The third-order valence-electron chi connectivity index (χ3n) is 3.10. The average molecular weight is 251 g/mol. The van der Waals surface area contributed by atoms with Gasteiger partial charge in [-0.1, -0.05) is 19.8 Å². The molecular formula is C15H29N3. The van der Waals surface area contributed by atoms with Crippen LogP contribution in [0.5, 0.6) is 0 Å². The molecule has 0 radical (unpaired) electrons. The Morgan fingerprint density at radius 3 is 2.56 bits per heavy atom. The first-order valence-electron chi connectivity index (χ1n) is 7.28. The van der Waals surface area contributed by atoms with Crippen LogP contribution in [-0.4, -0.2) is 21.6 Å². The molecule has 0 saturated carbocycles. The van der Waals surface area contributed by atoms with E-state index >= 15 is 0 Å². The average Bonchev–Trinajstić information content (AvgIpc) is 2.73. The van der Waals surface area contributed by atoms with Gasteiger partial charge < -0.3 is 9.88 Å². The van der Waals surface area contributed by atoms with E-state index in [4.69, 9.17) is 0 Å². The van der Waals surface area contributed by atoms with E-state index in [1.807, 2.05) is 6.20 Å². The van der Waals surface area contributed by atoms with Gasteiger partial charge in [0.15, 0.2) is 0 Å². The highest BCUT2D eigenvalue weighted by Crippen LogP contribution is 2.06. The van der Waals surface area contributed by atoms with Gasteiger partial charge in [-0.15, -0.1) is 0 Å². The molecule has 104 valence electrons. The van der Waals surface area contributed by atoms with Crippen molar-refractivity contribution < 1.29 is 0 Å². The second-order valence-corrected chi connectivity index (χ2v) is 5.98. The summed E-state index contributed by atoms with van der Waals surface area (Å²) in [7, 11) is 0. The first kappa shape index (κ1) is 15.2. The van der Waals surface area contributed by atoms with E-state index in [1.165, 1.54) is 31.5 Å². The summed E-state index contributed by atoms with van der Waals surface area (Å²) in [5, 5.41) is 3.53. The molecule has 1 aromatic rings. The standard InChI is InChI=1S/C15H29N3/c1-5-14-16-11-13-18(14)12-9-7-6-8-10-17-15(2,3)4/h11,13,17H,5-10,12H2,1-4H3. The smallest absolute Gasteiger partial charge is 0.108 e. The molecule has 1 aromatic heterocycles. The van der Waals surface area contributed by atoms with E-state index in [0.717, 1.165) is 19.5 Å². The minimum atomic E-state index is 0.257. The first-order valence-corrected chi connectivity index (χ1v) is 7.28. The third-order valence-corrected chi connectivity index (χ3v) is 3.10. The maximum atomic E-state index is 4.34. The Balaban J connectivity index is 2.02. The molecule has 18 heavy (non-hydrogen) atoms.